The van der Waals surface area contributed by atoms with Gasteiger partial charge in [0.05, 0.1) is 6.33 Å². The first-order chi connectivity index (χ1) is 6.63. The predicted molar refractivity (Wildman–Crippen MR) is 55.1 cm³/mol. The molecule has 1 aromatic rings. The largest absolute Gasteiger partial charge is 0.335 e. The number of ketones is 1. The zero-order valence-corrected chi connectivity index (χ0v) is 8.73. The number of nitrogens with zero attached hydrogens (tertiary/aromatic N) is 2. The highest BCUT2D eigenvalue weighted by Gasteiger charge is 2.10. The molecule has 0 unspecified atom stereocenters. The molecular weight excluding hydrogens is 178 g/mol. The number of rotatable bonds is 5. The minimum absolute atomic E-state index is 0.107. The van der Waals surface area contributed by atoms with Crippen molar-refractivity contribution in [3.05, 3.63) is 18.2 Å². The van der Waals surface area contributed by atoms with E-state index < -0.39 is 0 Å². The summed E-state index contributed by atoms with van der Waals surface area (Å²) in [5, 5.41) is 0. The van der Waals surface area contributed by atoms with E-state index in [0.29, 0.717) is 31.1 Å². The number of nitrogens with two attached hydrogens (primary N) is 1. The number of imidazole rings is 1. The fourth-order valence-corrected chi connectivity index (χ4v) is 1.25. The molecule has 0 radical (unpaired) electrons. The Labute approximate surface area is 84.1 Å². The predicted octanol–water partition coefficient (Wildman–Crippen LogP) is 1.07. The molecule has 0 aromatic carbocycles. The second-order valence-corrected chi connectivity index (χ2v) is 3.81. The van der Waals surface area contributed by atoms with Crippen molar-refractivity contribution in [1.29, 1.82) is 0 Å². The van der Waals surface area contributed by atoms with Crippen molar-refractivity contribution in [3.63, 3.8) is 0 Å². The Morgan fingerprint density at radius 3 is 2.93 bits per heavy atom. The van der Waals surface area contributed by atoms with Crippen molar-refractivity contribution >= 4 is 5.78 Å². The fraction of sp³-hybridized carbons (Fsp3) is 0.600. The Morgan fingerprint density at radius 2 is 2.36 bits per heavy atom. The van der Waals surface area contributed by atoms with E-state index >= 15 is 0 Å². The molecule has 78 valence electrons. The molecular formula is C10H17N3O. The minimum atomic E-state index is 0.107. The average Bonchev–Trinajstić information content (AvgIpc) is 2.52. The topological polar surface area (TPSA) is 60.9 Å². The number of hydrogen-bond donors (Lipinski definition) is 1. The highest BCUT2D eigenvalue weighted by Crippen LogP contribution is 2.07. The molecule has 0 atom stereocenters. The van der Waals surface area contributed by atoms with Crippen LogP contribution in [0.1, 0.15) is 30.8 Å². The summed E-state index contributed by atoms with van der Waals surface area (Å²) in [5.41, 5.74) is 5.94. The lowest BCUT2D eigenvalue weighted by atomic mass is 10.1. The van der Waals surface area contributed by atoms with Gasteiger partial charge in [-0.05, 0) is 5.92 Å². The van der Waals surface area contributed by atoms with Crippen molar-refractivity contribution < 1.29 is 4.79 Å². The second-order valence-electron chi connectivity index (χ2n) is 3.81. The zero-order valence-electron chi connectivity index (χ0n) is 8.73. The summed E-state index contributed by atoms with van der Waals surface area (Å²) in [7, 11) is 0. The maximum absolute atomic E-state index is 11.6. The van der Waals surface area contributed by atoms with Gasteiger partial charge in [0, 0.05) is 25.7 Å². The molecule has 1 heterocycles. The summed E-state index contributed by atoms with van der Waals surface area (Å²) >= 11 is 0. The normalized spacial score (nSPS) is 10.9. The summed E-state index contributed by atoms with van der Waals surface area (Å²) in [4.78, 5) is 15.6. The molecule has 2 N–H and O–H groups in total. The van der Waals surface area contributed by atoms with Crippen LogP contribution in [0.2, 0.25) is 0 Å². The van der Waals surface area contributed by atoms with Crippen molar-refractivity contribution in [2.75, 3.05) is 6.54 Å². The number of Topliss-reactive ketones (excluding diaryl/α,β-unsaturated/α-hetero) is 1. The average molecular weight is 195 g/mol. The van der Waals surface area contributed by atoms with Gasteiger partial charge in [-0.25, -0.2) is 4.98 Å². The first-order valence-corrected chi connectivity index (χ1v) is 4.88. The van der Waals surface area contributed by atoms with Crippen LogP contribution in [0.3, 0.4) is 0 Å². The van der Waals surface area contributed by atoms with E-state index in [1.807, 2.05) is 18.4 Å². The molecule has 0 bridgehead atoms. The first kappa shape index (κ1) is 10.9. The lowest BCUT2D eigenvalue weighted by Gasteiger charge is -2.00. The summed E-state index contributed by atoms with van der Waals surface area (Å²) in [6.07, 6.45) is 3.97. The molecule has 4 heteroatoms. The second kappa shape index (κ2) is 4.91. The van der Waals surface area contributed by atoms with E-state index in [2.05, 4.69) is 4.98 Å². The van der Waals surface area contributed by atoms with Gasteiger partial charge < -0.3 is 10.3 Å². The van der Waals surface area contributed by atoms with Gasteiger partial charge in [-0.1, -0.05) is 13.8 Å². The van der Waals surface area contributed by atoms with Gasteiger partial charge >= 0.3 is 0 Å². The van der Waals surface area contributed by atoms with Crippen LogP contribution in [0.25, 0.3) is 0 Å². The van der Waals surface area contributed by atoms with Gasteiger partial charge in [-0.15, -0.1) is 0 Å². The van der Waals surface area contributed by atoms with Crippen LogP contribution < -0.4 is 5.73 Å². The Hall–Kier alpha value is -1.16. The summed E-state index contributed by atoms with van der Waals surface area (Å²) in [6, 6.07) is 0. The maximum atomic E-state index is 11.6. The molecule has 0 saturated heterocycles. The molecule has 14 heavy (non-hydrogen) atoms. The fourth-order valence-electron chi connectivity index (χ4n) is 1.25. The van der Waals surface area contributed by atoms with Gasteiger partial charge in [0.1, 0.15) is 5.69 Å². The van der Waals surface area contributed by atoms with Gasteiger partial charge in [0.25, 0.3) is 0 Å². The Kier molecular flexibility index (Phi) is 3.83. The van der Waals surface area contributed by atoms with Crippen LogP contribution in [0.5, 0.6) is 0 Å². The third kappa shape index (κ3) is 2.96. The van der Waals surface area contributed by atoms with Crippen LogP contribution in [0.4, 0.5) is 0 Å². The standard InChI is InChI=1S/C10H17N3O/c1-8(2)5-10(14)9-6-13(4-3-11)7-12-9/h6-8H,3-5,11H2,1-2H3. The number of carbonyl (C=O) groups excluding carboxylic acids is 1. The third-order valence-corrected chi connectivity index (χ3v) is 1.90. The molecule has 0 saturated carbocycles. The molecule has 0 amide bonds. The van der Waals surface area contributed by atoms with Crippen LogP contribution in [0.15, 0.2) is 12.5 Å². The van der Waals surface area contributed by atoms with Crippen molar-refractivity contribution in [1.82, 2.24) is 9.55 Å². The van der Waals surface area contributed by atoms with Gasteiger partial charge in [0.15, 0.2) is 5.78 Å². The molecule has 1 rings (SSSR count). The summed E-state index contributed by atoms with van der Waals surface area (Å²) < 4.78 is 1.84. The first-order valence-electron chi connectivity index (χ1n) is 4.88. The van der Waals surface area contributed by atoms with Crippen LogP contribution in [-0.2, 0) is 6.54 Å². The lowest BCUT2D eigenvalue weighted by molar-refractivity contribution is 0.0963. The Balaban J connectivity index is 2.62. The highest BCUT2D eigenvalue weighted by molar-refractivity contribution is 5.94. The van der Waals surface area contributed by atoms with Crippen LogP contribution in [-0.4, -0.2) is 21.9 Å². The van der Waals surface area contributed by atoms with E-state index in [-0.39, 0.29) is 5.78 Å². The van der Waals surface area contributed by atoms with Gasteiger partial charge in [-0.2, -0.15) is 0 Å². The van der Waals surface area contributed by atoms with Gasteiger partial charge in [0.2, 0.25) is 0 Å². The molecule has 4 nitrogen and oxygen atoms in total. The van der Waals surface area contributed by atoms with E-state index in [0.717, 1.165) is 0 Å². The number of hydrogen-bond acceptors (Lipinski definition) is 3. The molecule has 0 fully saturated rings. The van der Waals surface area contributed by atoms with E-state index in [1.165, 1.54) is 0 Å². The van der Waals surface area contributed by atoms with Crippen molar-refractivity contribution in [3.8, 4) is 0 Å². The minimum Gasteiger partial charge on any atom is -0.335 e. The zero-order chi connectivity index (χ0) is 10.6. The highest BCUT2D eigenvalue weighted by atomic mass is 16.1. The van der Waals surface area contributed by atoms with Gasteiger partial charge in [-0.3, -0.25) is 4.79 Å². The van der Waals surface area contributed by atoms with Crippen molar-refractivity contribution in [2.45, 2.75) is 26.8 Å². The summed E-state index contributed by atoms with van der Waals surface area (Å²) in [5.74, 6) is 0.484. The van der Waals surface area contributed by atoms with E-state index in [4.69, 9.17) is 5.73 Å². The van der Waals surface area contributed by atoms with E-state index in [9.17, 15) is 4.79 Å². The number of carbonyl (C=O) groups is 1. The Bertz CT molecular complexity index is 304. The van der Waals surface area contributed by atoms with E-state index in [1.54, 1.807) is 12.5 Å². The monoisotopic (exact) mass is 195 g/mol. The smallest absolute Gasteiger partial charge is 0.182 e. The SMILES string of the molecule is CC(C)CC(=O)c1cn(CCN)cn1. The quantitative estimate of drug-likeness (QED) is 0.715. The van der Waals surface area contributed by atoms with Crippen LogP contribution >= 0.6 is 0 Å². The van der Waals surface area contributed by atoms with Crippen LogP contribution in [0, 0.1) is 5.92 Å². The lowest BCUT2D eigenvalue weighted by Crippen LogP contribution is -2.08. The molecule has 1 aromatic heterocycles. The Morgan fingerprint density at radius 1 is 1.64 bits per heavy atom. The molecule has 0 aliphatic carbocycles. The molecule has 0 aliphatic rings. The molecule has 0 aliphatic heterocycles. The third-order valence-electron chi connectivity index (χ3n) is 1.90. The maximum Gasteiger partial charge on any atom is 0.182 e. The van der Waals surface area contributed by atoms with Crippen molar-refractivity contribution in [2.24, 2.45) is 11.7 Å². The molecule has 0 spiro atoms. The summed E-state index contributed by atoms with van der Waals surface area (Å²) in [6.45, 7) is 5.32. The number of aromatic nitrogens is 2.